The normalized spacial score (nSPS) is 35.9. The molecule has 2 heterocycles. The minimum absolute atomic E-state index is 0.0461. The molecule has 0 saturated carbocycles. The van der Waals surface area contributed by atoms with Gasteiger partial charge in [0, 0.05) is 11.8 Å². The summed E-state index contributed by atoms with van der Waals surface area (Å²) in [6.07, 6.45) is 6.37. The van der Waals surface area contributed by atoms with Crippen LogP contribution in [0.1, 0.15) is 74.1 Å². The van der Waals surface area contributed by atoms with Gasteiger partial charge in [-0.3, -0.25) is 0 Å². The van der Waals surface area contributed by atoms with Crippen LogP contribution in [0, 0.1) is 11.8 Å². The van der Waals surface area contributed by atoms with E-state index in [0.29, 0.717) is 22.1 Å². The predicted octanol–water partition coefficient (Wildman–Crippen LogP) is 5.63. The second-order valence-electron chi connectivity index (χ2n) is 7.23. The van der Waals surface area contributed by atoms with Crippen LogP contribution in [0.2, 0.25) is 0 Å². The van der Waals surface area contributed by atoms with Crippen molar-refractivity contribution in [3.05, 3.63) is 0 Å². The molecule has 2 aliphatic rings. The Morgan fingerprint density at radius 2 is 1.14 bits per heavy atom. The van der Waals surface area contributed by atoms with E-state index >= 15 is 0 Å². The maximum atomic E-state index is 6.40. The van der Waals surface area contributed by atoms with Crippen molar-refractivity contribution in [2.75, 3.05) is 19.4 Å². The average Bonchev–Trinajstić information content (AvgIpc) is 3.04. The van der Waals surface area contributed by atoms with Crippen LogP contribution in [0.4, 0.5) is 0 Å². The number of hydrogen-bond donors (Lipinski definition) is 0. The van der Waals surface area contributed by atoms with Crippen molar-refractivity contribution in [2.24, 2.45) is 11.8 Å². The van der Waals surface area contributed by atoms with E-state index in [9.17, 15) is 0 Å². The van der Waals surface area contributed by atoms with Gasteiger partial charge in [-0.05, 0) is 42.2 Å². The van der Waals surface area contributed by atoms with Gasteiger partial charge in [-0.1, -0.05) is 56.4 Å². The Kier molecular flexibility index (Phi) is 5.68. The minimum atomic E-state index is -0.341. The standard InChI is InChI=1S/C19H37O2P/c1-8-17(9-2)15(6)19(20-13-14-21-19)16(7)18(10-3,11-4)22(17)12-5/h15-16H,8-14H2,1-7H3. The molecule has 0 radical (unpaired) electrons. The van der Waals surface area contributed by atoms with Crippen molar-refractivity contribution in [2.45, 2.75) is 90.2 Å². The van der Waals surface area contributed by atoms with Crippen molar-refractivity contribution in [1.29, 1.82) is 0 Å². The molecule has 2 unspecified atom stereocenters. The van der Waals surface area contributed by atoms with Gasteiger partial charge >= 0.3 is 0 Å². The highest BCUT2D eigenvalue weighted by Crippen LogP contribution is 2.76. The van der Waals surface area contributed by atoms with Crippen LogP contribution in [-0.4, -0.2) is 35.5 Å². The molecule has 130 valence electrons. The molecule has 1 spiro atoms. The number of rotatable bonds is 5. The monoisotopic (exact) mass is 328 g/mol. The highest BCUT2D eigenvalue weighted by Gasteiger charge is 2.67. The second-order valence-corrected chi connectivity index (χ2v) is 10.5. The SMILES string of the molecule is CCP1C(CC)(CC)C(C)C2(OCCO2)C(C)C1(CC)CC. The summed E-state index contributed by atoms with van der Waals surface area (Å²) in [5.74, 6) is 0.640. The van der Waals surface area contributed by atoms with Gasteiger partial charge in [0.2, 0.25) is 0 Å². The Morgan fingerprint density at radius 3 is 1.41 bits per heavy atom. The summed E-state index contributed by atoms with van der Waals surface area (Å²) >= 11 is 0. The van der Waals surface area contributed by atoms with Gasteiger partial charge in [0.05, 0.1) is 13.2 Å². The quantitative estimate of drug-likeness (QED) is 0.608. The van der Waals surface area contributed by atoms with E-state index in [0.717, 1.165) is 13.2 Å². The molecule has 0 aromatic carbocycles. The Bertz CT molecular complexity index is 340. The zero-order valence-electron chi connectivity index (χ0n) is 15.9. The van der Waals surface area contributed by atoms with Gasteiger partial charge in [0.15, 0.2) is 5.79 Å². The summed E-state index contributed by atoms with van der Waals surface area (Å²) in [5.41, 5.74) is 0. The van der Waals surface area contributed by atoms with E-state index in [4.69, 9.17) is 9.47 Å². The first kappa shape index (κ1) is 18.7. The second kappa shape index (κ2) is 6.69. The maximum Gasteiger partial charge on any atom is 0.175 e. The summed E-state index contributed by atoms with van der Waals surface area (Å²) in [6, 6.07) is 0. The van der Waals surface area contributed by atoms with Gasteiger partial charge in [-0.25, -0.2) is 0 Å². The average molecular weight is 328 g/mol. The van der Waals surface area contributed by atoms with Crippen molar-refractivity contribution >= 4 is 7.92 Å². The molecule has 2 aliphatic heterocycles. The maximum absolute atomic E-state index is 6.40. The Balaban J connectivity index is 2.64. The van der Waals surface area contributed by atoms with Gasteiger partial charge in [0.1, 0.15) is 0 Å². The lowest BCUT2D eigenvalue weighted by atomic mass is 9.70. The minimum Gasteiger partial charge on any atom is -0.347 e. The van der Waals surface area contributed by atoms with Gasteiger partial charge in [-0.15, -0.1) is 0 Å². The fraction of sp³-hybridized carbons (Fsp3) is 1.00. The fourth-order valence-electron chi connectivity index (χ4n) is 6.10. The Morgan fingerprint density at radius 1 is 0.773 bits per heavy atom. The molecule has 0 bridgehead atoms. The van der Waals surface area contributed by atoms with E-state index in [1.54, 1.807) is 0 Å². The molecular weight excluding hydrogens is 291 g/mol. The van der Waals surface area contributed by atoms with Crippen LogP contribution in [0.25, 0.3) is 0 Å². The van der Waals surface area contributed by atoms with Crippen LogP contribution in [0.15, 0.2) is 0 Å². The van der Waals surface area contributed by atoms with E-state index in [1.165, 1.54) is 31.8 Å². The van der Waals surface area contributed by atoms with Gasteiger partial charge in [0.25, 0.3) is 0 Å². The van der Waals surface area contributed by atoms with Gasteiger partial charge in [-0.2, -0.15) is 0 Å². The summed E-state index contributed by atoms with van der Waals surface area (Å²) in [7, 11) is -0.0461. The van der Waals surface area contributed by atoms with Crippen LogP contribution in [0.5, 0.6) is 0 Å². The lowest BCUT2D eigenvalue weighted by Gasteiger charge is -2.66. The third kappa shape index (κ3) is 2.16. The molecule has 3 heteroatoms. The Hall–Kier alpha value is 0.350. The predicted molar refractivity (Wildman–Crippen MR) is 97.1 cm³/mol. The summed E-state index contributed by atoms with van der Waals surface area (Å²) < 4.78 is 12.8. The molecule has 0 aliphatic carbocycles. The largest absolute Gasteiger partial charge is 0.347 e. The molecule has 0 N–H and O–H groups in total. The molecule has 0 aromatic rings. The molecule has 2 nitrogen and oxygen atoms in total. The van der Waals surface area contributed by atoms with Crippen LogP contribution < -0.4 is 0 Å². The molecule has 2 saturated heterocycles. The smallest absolute Gasteiger partial charge is 0.175 e. The first-order chi connectivity index (χ1) is 10.5. The lowest BCUT2D eigenvalue weighted by Crippen LogP contribution is -2.65. The molecular formula is C19H37O2P. The topological polar surface area (TPSA) is 18.5 Å². The van der Waals surface area contributed by atoms with Crippen molar-refractivity contribution in [1.82, 2.24) is 0 Å². The van der Waals surface area contributed by atoms with Gasteiger partial charge < -0.3 is 9.47 Å². The molecule has 22 heavy (non-hydrogen) atoms. The highest BCUT2D eigenvalue weighted by molar-refractivity contribution is 7.61. The third-order valence-corrected chi connectivity index (χ3v) is 12.2. The van der Waals surface area contributed by atoms with E-state index in [1.807, 2.05) is 0 Å². The number of ether oxygens (including phenoxy) is 2. The van der Waals surface area contributed by atoms with Crippen molar-refractivity contribution < 1.29 is 9.47 Å². The van der Waals surface area contributed by atoms with Crippen LogP contribution >= 0.6 is 7.92 Å². The molecule has 2 fully saturated rings. The van der Waals surface area contributed by atoms with Crippen LogP contribution in [-0.2, 0) is 9.47 Å². The molecule has 0 amide bonds. The molecule has 0 aromatic heterocycles. The molecule has 2 atom stereocenters. The van der Waals surface area contributed by atoms with Crippen molar-refractivity contribution in [3.63, 3.8) is 0 Å². The summed E-state index contributed by atoms with van der Waals surface area (Å²) in [4.78, 5) is 0. The zero-order valence-corrected chi connectivity index (χ0v) is 16.8. The van der Waals surface area contributed by atoms with Crippen molar-refractivity contribution in [3.8, 4) is 0 Å². The van der Waals surface area contributed by atoms with E-state index in [-0.39, 0.29) is 13.7 Å². The van der Waals surface area contributed by atoms with E-state index in [2.05, 4.69) is 48.5 Å². The van der Waals surface area contributed by atoms with Crippen LogP contribution in [0.3, 0.4) is 0 Å². The Labute approximate surface area is 139 Å². The van der Waals surface area contributed by atoms with E-state index < -0.39 is 0 Å². The fourth-order valence-corrected chi connectivity index (χ4v) is 11.1. The third-order valence-electron chi connectivity index (χ3n) is 7.40. The zero-order chi connectivity index (χ0) is 16.6. The molecule has 2 rings (SSSR count). The summed E-state index contributed by atoms with van der Waals surface area (Å²) in [6.45, 7) is 18.4. The first-order valence-corrected chi connectivity index (χ1v) is 11.0. The first-order valence-electron chi connectivity index (χ1n) is 9.51. The summed E-state index contributed by atoms with van der Waals surface area (Å²) in [5, 5.41) is 0.792. The number of hydrogen-bond acceptors (Lipinski definition) is 2. The highest BCUT2D eigenvalue weighted by atomic mass is 31.1. The lowest BCUT2D eigenvalue weighted by molar-refractivity contribution is -0.245.